The zero-order valence-electron chi connectivity index (χ0n) is 9.66. The molecule has 90 valence electrons. The van der Waals surface area contributed by atoms with Gasteiger partial charge in [0.1, 0.15) is 0 Å². The third kappa shape index (κ3) is 8.35. The molecule has 5 heteroatoms. The first kappa shape index (κ1) is 14.3. The van der Waals surface area contributed by atoms with Gasteiger partial charge >= 0.3 is 5.97 Å². The van der Waals surface area contributed by atoms with Crippen LogP contribution in [-0.4, -0.2) is 50.1 Å². The molecule has 0 saturated carbocycles. The summed E-state index contributed by atoms with van der Waals surface area (Å²) in [5, 5.41) is 12.4. The highest BCUT2D eigenvalue weighted by Crippen LogP contribution is 1.94. The van der Waals surface area contributed by atoms with Crippen LogP contribution in [0.25, 0.3) is 0 Å². The molecule has 5 nitrogen and oxygen atoms in total. The number of esters is 1. The van der Waals surface area contributed by atoms with Crippen molar-refractivity contribution in [2.75, 3.05) is 26.8 Å². The fourth-order valence-electron chi connectivity index (χ4n) is 1.02. The maximum Gasteiger partial charge on any atom is 0.308 e. The lowest BCUT2D eigenvalue weighted by Crippen LogP contribution is -2.34. The average Bonchev–Trinajstić information content (AvgIpc) is 2.17. The topological polar surface area (TPSA) is 67.8 Å². The van der Waals surface area contributed by atoms with Crippen molar-refractivity contribution in [3.63, 3.8) is 0 Å². The Hall–Kier alpha value is -0.650. The molecule has 0 saturated heterocycles. The number of hydrogen-bond donors (Lipinski definition) is 2. The highest BCUT2D eigenvalue weighted by atomic mass is 16.5. The Labute approximate surface area is 90.8 Å². The van der Waals surface area contributed by atoms with Crippen LogP contribution in [0.1, 0.15) is 20.3 Å². The second-order valence-electron chi connectivity index (χ2n) is 3.37. The smallest absolute Gasteiger partial charge is 0.308 e. The van der Waals surface area contributed by atoms with Gasteiger partial charge in [-0.25, -0.2) is 0 Å². The van der Waals surface area contributed by atoms with Crippen molar-refractivity contribution in [1.82, 2.24) is 5.32 Å². The number of carbonyl (C=O) groups is 1. The third-order valence-corrected chi connectivity index (χ3v) is 1.92. The van der Waals surface area contributed by atoms with Crippen LogP contribution in [0.15, 0.2) is 0 Å². The van der Waals surface area contributed by atoms with Gasteiger partial charge in [-0.2, -0.15) is 0 Å². The standard InChI is InChI=1S/C10H21NO4/c1-4-15-10(13)5-9(12)7-11-6-8(2)14-3/h8-9,11-12H,4-7H2,1-3H3. The number of rotatable bonds is 8. The lowest BCUT2D eigenvalue weighted by atomic mass is 10.2. The molecule has 15 heavy (non-hydrogen) atoms. The van der Waals surface area contributed by atoms with E-state index in [1.807, 2.05) is 6.92 Å². The van der Waals surface area contributed by atoms with E-state index in [0.717, 1.165) is 0 Å². The molecule has 0 spiro atoms. The van der Waals surface area contributed by atoms with Crippen molar-refractivity contribution in [3.8, 4) is 0 Å². The van der Waals surface area contributed by atoms with Crippen molar-refractivity contribution in [1.29, 1.82) is 0 Å². The van der Waals surface area contributed by atoms with Crippen LogP contribution < -0.4 is 5.32 Å². The predicted molar refractivity (Wildman–Crippen MR) is 56.6 cm³/mol. The minimum atomic E-state index is -0.701. The highest BCUT2D eigenvalue weighted by Gasteiger charge is 2.11. The Morgan fingerprint density at radius 2 is 2.13 bits per heavy atom. The van der Waals surface area contributed by atoms with Crippen LogP contribution in [-0.2, 0) is 14.3 Å². The molecule has 2 N–H and O–H groups in total. The third-order valence-electron chi connectivity index (χ3n) is 1.92. The molecular formula is C10H21NO4. The SMILES string of the molecule is CCOC(=O)CC(O)CNCC(C)OC. The number of aliphatic hydroxyl groups is 1. The lowest BCUT2D eigenvalue weighted by molar-refractivity contribution is -0.145. The zero-order valence-corrected chi connectivity index (χ0v) is 9.66. The van der Waals surface area contributed by atoms with Gasteiger partial charge in [0.15, 0.2) is 0 Å². The molecule has 0 rings (SSSR count). The van der Waals surface area contributed by atoms with Gasteiger partial charge in [0.05, 0.1) is 25.2 Å². The molecule has 0 fully saturated rings. The molecule has 0 aromatic heterocycles. The number of aliphatic hydroxyl groups excluding tert-OH is 1. The summed E-state index contributed by atoms with van der Waals surface area (Å²) in [6.07, 6.45) is -0.574. The summed E-state index contributed by atoms with van der Waals surface area (Å²) in [5.41, 5.74) is 0. The van der Waals surface area contributed by atoms with E-state index in [2.05, 4.69) is 5.32 Å². The number of nitrogens with one attached hydrogen (secondary N) is 1. The quantitative estimate of drug-likeness (QED) is 0.559. The van der Waals surface area contributed by atoms with Crippen molar-refractivity contribution in [2.45, 2.75) is 32.5 Å². The van der Waals surface area contributed by atoms with E-state index >= 15 is 0 Å². The summed E-state index contributed by atoms with van der Waals surface area (Å²) in [6, 6.07) is 0. The molecule has 0 bridgehead atoms. The van der Waals surface area contributed by atoms with Gasteiger partial charge in [-0.15, -0.1) is 0 Å². The Balaban J connectivity index is 3.48. The summed E-state index contributed by atoms with van der Waals surface area (Å²) < 4.78 is 9.73. The Morgan fingerprint density at radius 3 is 2.67 bits per heavy atom. The molecule has 0 aromatic carbocycles. The molecular weight excluding hydrogens is 198 g/mol. The summed E-state index contributed by atoms with van der Waals surface area (Å²) in [6.45, 7) is 5.02. The monoisotopic (exact) mass is 219 g/mol. The Bertz CT molecular complexity index is 175. The van der Waals surface area contributed by atoms with E-state index in [0.29, 0.717) is 19.7 Å². The Kier molecular flexibility index (Phi) is 8.27. The molecule has 2 unspecified atom stereocenters. The van der Waals surface area contributed by atoms with Gasteiger partial charge in [-0.3, -0.25) is 4.79 Å². The number of carbonyl (C=O) groups excluding carboxylic acids is 1. The van der Waals surface area contributed by atoms with Gasteiger partial charge in [-0.1, -0.05) is 0 Å². The van der Waals surface area contributed by atoms with E-state index in [4.69, 9.17) is 9.47 Å². The first-order valence-corrected chi connectivity index (χ1v) is 5.17. The van der Waals surface area contributed by atoms with E-state index in [1.54, 1.807) is 14.0 Å². The summed E-state index contributed by atoms with van der Waals surface area (Å²) in [7, 11) is 1.63. The number of ether oxygens (including phenoxy) is 2. The van der Waals surface area contributed by atoms with Crippen LogP contribution in [0.4, 0.5) is 0 Å². The van der Waals surface area contributed by atoms with Gasteiger partial charge in [0.25, 0.3) is 0 Å². The van der Waals surface area contributed by atoms with E-state index in [1.165, 1.54) is 0 Å². The molecule has 0 aliphatic carbocycles. The average molecular weight is 219 g/mol. The first-order valence-electron chi connectivity index (χ1n) is 5.17. The molecule has 0 heterocycles. The molecule has 2 atom stereocenters. The molecule has 0 radical (unpaired) electrons. The van der Waals surface area contributed by atoms with Crippen LogP contribution in [0, 0.1) is 0 Å². The van der Waals surface area contributed by atoms with Gasteiger partial charge in [0.2, 0.25) is 0 Å². The minimum Gasteiger partial charge on any atom is -0.466 e. The van der Waals surface area contributed by atoms with Crippen LogP contribution in [0.2, 0.25) is 0 Å². The minimum absolute atomic E-state index is 0.0300. The van der Waals surface area contributed by atoms with Gasteiger partial charge < -0.3 is 19.9 Å². The van der Waals surface area contributed by atoms with Crippen LogP contribution in [0.5, 0.6) is 0 Å². The highest BCUT2D eigenvalue weighted by molar-refractivity contribution is 5.69. The Morgan fingerprint density at radius 1 is 1.47 bits per heavy atom. The van der Waals surface area contributed by atoms with E-state index in [-0.39, 0.29) is 18.5 Å². The fraction of sp³-hybridized carbons (Fsp3) is 0.900. The normalized spacial score (nSPS) is 14.7. The maximum atomic E-state index is 11.0. The van der Waals surface area contributed by atoms with Crippen molar-refractivity contribution in [3.05, 3.63) is 0 Å². The summed E-state index contributed by atoms with van der Waals surface area (Å²) >= 11 is 0. The number of methoxy groups -OCH3 is 1. The predicted octanol–water partition coefficient (Wildman–Crippen LogP) is -0.0750. The van der Waals surface area contributed by atoms with Crippen LogP contribution >= 0.6 is 0 Å². The second kappa shape index (κ2) is 8.64. The molecule has 0 amide bonds. The summed E-state index contributed by atoms with van der Waals surface area (Å²) in [4.78, 5) is 11.0. The summed E-state index contributed by atoms with van der Waals surface area (Å²) in [5.74, 6) is -0.369. The van der Waals surface area contributed by atoms with Crippen LogP contribution in [0.3, 0.4) is 0 Å². The van der Waals surface area contributed by atoms with Gasteiger partial charge in [0, 0.05) is 20.2 Å². The van der Waals surface area contributed by atoms with Crippen molar-refractivity contribution >= 4 is 5.97 Å². The molecule has 0 aromatic rings. The first-order chi connectivity index (χ1) is 7.10. The van der Waals surface area contributed by atoms with E-state index in [9.17, 15) is 9.90 Å². The van der Waals surface area contributed by atoms with Crippen molar-refractivity contribution < 1.29 is 19.4 Å². The van der Waals surface area contributed by atoms with Gasteiger partial charge in [-0.05, 0) is 13.8 Å². The second-order valence-corrected chi connectivity index (χ2v) is 3.37. The largest absolute Gasteiger partial charge is 0.466 e. The fourth-order valence-corrected chi connectivity index (χ4v) is 1.02. The zero-order chi connectivity index (χ0) is 11.7. The van der Waals surface area contributed by atoms with Crippen molar-refractivity contribution in [2.24, 2.45) is 0 Å². The molecule has 0 aliphatic rings. The lowest BCUT2D eigenvalue weighted by Gasteiger charge is -2.13. The maximum absolute atomic E-state index is 11.0. The molecule has 0 aliphatic heterocycles. The van der Waals surface area contributed by atoms with E-state index < -0.39 is 6.10 Å². The number of hydrogen-bond acceptors (Lipinski definition) is 5.